The second kappa shape index (κ2) is 27.4. The number of methoxy groups -OCH3 is 2. The molecular formula is C52H82N4O6. The van der Waals surface area contributed by atoms with Crippen molar-refractivity contribution in [3.63, 3.8) is 0 Å². The van der Waals surface area contributed by atoms with E-state index >= 15 is 0 Å². The minimum atomic E-state index is -0.621. The third-order valence-electron chi connectivity index (χ3n) is 13.4. The zero-order valence-electron chi connectivity index (χ0n) is 40.1. The van der Waals surface area contributed by atoms with Crippen molar-refractivity contribution in [3.05, 3.63) is 77.9 Å². The molecule has 0 spiro atoms. The summed E-state index contributed by atoms with van der Waals surface area (Å²) in [6.45, 7) is 15.4. The fraction of sp³-hybridized carbons (Fsp3) is 0.654. The average Bonchev–Trinajstić information content (AvgIpc) is 3.75. The molecule has 1 aliphatic rings. The summed E-state index contributed by atoms with van der Waals surface area (Å²) in [4.78, 5) is 58.4. The second-order valence-corrected chi connectivity index (χ2v) is 18.5. The molecule has 1 heterocycles. The van der Waals surface area contributed by atoms with Crippen LogP contribution in [0.15, 0.2) is 66.7 Å². The van der Waals surface area contributed by atoms with Gasteiger partial charge in [-0.3, -0.25) is 19.2 Å². The first-order chi connectivity index (χ1) is 29.7. The molecule has 62 heavy (non-hydrogen) atoms. The summed E-state index contributed by atoms with van der Waals surface area (Å²) in [6, 6.07) is 19.7. The number of benzene rings is 2. The molecule has 0 radical (unpaired) electrons. The van der Waals surface area contributed by atoms with E-state index in [1.54, 1.807) is 33.2 Å². The monoisotopic (exact) mass is 859 g/mol. The van der Waals surface area contributed by atoms with E-state index in [9.17, 15) is 19.2 Å². The summed E-state index contributed by atoms with van der Waals surface area (Å²) in [5, 5.41) is 6.07. The van der Waals surface area contributed by atoms with Gasteiger partial charge in [-0.05, 0) is 92.7 Å². The van der Waals surface area contributed by atoms with Crippen molar-refractivity contribution in [3.8, 4) is 0 Å². The second-order valence-electron chi connectivity index (χ2n) is 18.5. The number of nitrogens with one attached hydrogen (secondary N) is 2. The van der Waals surface area contributed by atoms with Crippen LogP contribution in [0.1, 0.15) is 117 Å². The summed E-state index contributed by atoms with van der Waals surface area (Å²) in [6.07, 6.45) is 11.2. The van der Waals surface area contributed by atoms with Gasteiger partial charge >= 0.3 is 0 Å². The number of rotatable bonds is 28. The number of hydrogen-bond acceptors (Lipinski definition) is 7. The predicted octanol–water partition coefficient (Wildman–Crippen LogP) is 8.63. The Bertz CT molecular complexity index is 1650. The number of likely N-dealkylation sites (N-methyl/N-ethyl adjacent to an activating group) is 2. The van der Waals surface area contributed by atoms with Gasteiger partial charge in [0.05, 0.1) is 30.7 Å². The molecule has 1 saturated heterocycles. The Kier molecular flexibility index (Phi) is 23.2. The molecule has 2 aromatic rings. The van der Waals surface area contributed by atoms with Crippen LogP contribution in [0.4, 0.5) is 0 Å². The lowest BCUT2D eigenvalue weighted by molar-refractivity contribution is -0.142. The van der Waals surface area contributed by atoms with Crippen LogP contribution in [-0.2, 0) is 35.1 Å². The number of ether oxygens (including phenoxy) is 2. The van der Waals surface area contributed by atoms with Crippen LogP contribution in [-0.4, -0.2) is 105 Å². The van der Waals surface area contributed by atoms with Gasteiger partial charge in [0.2, 0.25) is 17.7 Å². The normalized spacial score (nSPS) is 18.3. The Balaban J connectivity index is 1.61. The van der Waals surface area contributed by atoms with Crippen LogP contribution < -0.4 is 10.6 Å². The highest BCUT2D eigenvalue weighted by atomic mass is 16.5. The number of Topliss-reactive ketones (excluding diaryl/α,β-unsaturated/α-hetero) is 1. The number of amides is 3. The minimum absolute atomic E-state index is 0.0346. The number of nitrogens with zero attached hydrogens (tertiary/aromatic N) is 2. The van der Waals surface area contributed by atoms with Crippen molar-refractivity contribution >= 4 is 29.6 Å². The molecule has 346 valence electrons. The number of hydrogen-bond donors (Lipinski definition) is 2. The molecule has 9 atom stereocenters. The molecular weight excluding hydrogens is 777 g/mol. The SMILES string of the molecule is CCC(C)C(CCCN(C)C(=O)C(NC(=O)C(NC)C(C)C)C(C)C)C(CC(=O)N1CCCC1C(OC)C(C)C(=O)CCCC(C=Cc1ccccc1)Cc1ccccc1)OC. The summed E-state index contributed by atoms with van der Waals surface area (Å²) >= 11 is 0. The molecule has 3 rings (SSSR count). The lowest BCUT2D eigenvalue weighted by Crippen LogP contribution is -2.55. The van der Waals surface area contributed by atoms with Crippen molar-refractivity contribution in [1.29, 1.82) is 0 Å². The summed E-state index contributed by atoms with van der Waals surface area (Å²) in [7, 11) is 6.92. The molecule has 1 aliphatic heterocycles. The van der Waals surface area contributed by atoms with E-state index in [-0.39, 0.29) is 77.9 Å². The maximum atomic E-state index is 14.2. The van der Waals surface area contributed by atoms with Gasteiger partial charge in [-0.2, -0.15) is 0 Å². The molecule has 9 unspecified atom stereocenters. The van der Waals surface area contributed by atoms with E-state index < -0.39 is 6.04 Å². The van der Waals surface area contributed by atoms with E-state index in [1.807, 2.05) is 63.8 Å². The smallest absolute Gasteiger partial charge is 0.245 e. The molecule has 0 saturated carbocycles. The van der Waals surface area contributed by atoms with Crippen molar-refractivity contribution in [2.24, 2.45) is 35.5 Å². The Morgan fingerprint density at radius 3 is 2.10 bits per heavy atom. The van der Waals surface area contributed by atoms with E-state index in [4.69, 9.17) is 9.47 Å². The fourth-order valence-corrected chi connectivity index (χ4v) is 9.36. The molecule has 3 amide bonds. The van der Waals surface area contributed by atoms with Gasteiger partial charge in [-0.1, -0.05) is 128 Å². The van der Waals surface area contributed by atoms with Gasteiger partial charge in [-0.25, -0.2) is 0 Å². The summed E-state index contributed by atoms with van der Waals surface area (Å²) < 4.78 is 12.2. The molecule has 2 aromatic carbocycles. The average molecular weight is 859 g/mol. The molecule has 0 aromatic heterocycles. The Morgan fingerprint density at radius 2 is 1.52 bits per heavy atom. The number of likely N-dealkylation sites (tertiary alicyclic amines) is 1. The zero-order valence-corrected chi connectivity index (χ0v) is 40.1. The predicted molar refractivity (Wildman–Crippen MR) is 252 cm³/mol. The molecule has 2 N–H and O–H groups in total. The Hall–Kier alpha value is -3.86. The van der Waals surface area contributed by atoms with Gasteiger partial charge < -0.3 is 29.9 Å². The molecule has 1 fully saturated rings. The zero-order chi connectivity index (χ0) is 45.8. The van der Waals surface area contributed by atoms with Gasteiger partial charge in [-0.15, -0.1) is 0 Å². The molecule has 10 heteroatoms. The van der Waals surface area contributed by atoms with E-state index in [2.05, 4.69) is 73.0 Å². The van der Waals surface area contributed by atoms with Crippen molar-refractivity contribution < 1.29 is 28.7 Å². The van der Waals surface area contributed by atoms with Gasteiger partial charge in [0, 0.05) is 46.7 Å². The molecule has 10 nitrogen and oxygen atoms in total. The van der Waals surface area contributed by atoms with Crippen LogP contribution in [0.3, 0.4) is 0 Å². The first-order valence-corrected chi connectivity index (χ1v) is 23.5. The standard InChI is InChI=1S/C52H82N4O6/c1-12-38(6)43(27-20-32-55(9)52(60)49(37(4)5)54-51(59)48(53-8)36(2)3)46(61-10)35-47(58)56-33-21-28-44(56)50(62-11)39(7)45(57)29-19-26-42(34-41-24-17-14-18-25-41)31-30-40-22-15-13-16-23-40/h13-18,22-25,30-31,36-39,42-44,46,48-50,53H,12,19-21,26-29,32-35H2,1-11H3,(H,54,59). The molecule has 0 aliphatic carbocycles. The van der Waals surface area contributed by atoms with Crippen LogP contribution in [0.5, 0.6) is 0 Å². The third-order valence-corrected chi connectivity index (χ3v) is 13.4. The van der Waals surface area contributed by atoms with Crippen LogP contribution in [0, 0.1) is 35.5 Å². The van der Waals surface area contributed by atoms with Crippen LogP contribution in [0.2, 0.25) is 0 Å². The number of carbonyl (C=O) groups excluding carboxylic acids is 4. The highest BCUT2D eigenvalue weighted by Gasteiger charge is 2.41. The number of carbonyl (C=O) groups is 4. The fourth-order valence-electron chi connectivity index (χ4n) is 9.36. The third kappa shape index (κ3) is 16.0. The summed E-state index contributed by atoms with van der Waals surface area (Å²) in [5.41, 5.74) is 2.45. The number of allylic oxidation sites excluding steroid dienone is 1. The van der Waals surface area contributed by atoms with Crippen LogP contribution >= 0.6 is 0 Å². The van der Waals surface area contributed by atoms with E-state index in [0.717, 1.165) is 51.4 Å². The van der Waals surface area contributed by atoms with Gasteiger partial charge in [0.25, 0.3) is 0 Å². The van der Waals surface area contributed by atoms with Crippen LogP contribution in [0.25, 0.3) is 6.08 Å². The van der Waals surface area contributed by atoms with E-state index in [1.165, 1.54) is 11.1 Å². The number of ketones is 1. The lowest BCUT2D eigenvalue weighted by atomic mass is 9.82. The Morgan fingerprint density at radius 1 is 0.871 bits per heavy atom. The van der Waals surface area contributed by atoms with Crippen molar-refractivity contribution in [1.82, 2.24) is 20.4 Å². The van der Waals surface area contributed by atoms with Gasteiger partial charge in [0.1, 0.15) is 11.8 Å². The molecule has 0 bridgehead atoms. The quantitative estimate of drug-likeness (QED) is 0.0881. The minimum Gasteiger partial charge on any atom is -0.381 e. The lowest BCUT2D eigenvalue weighted by Gasteiger charge is -2.36. The largest absolute Gasteiger partial charge is 0.381 e. The Labute approximate surface area is 375 Å². The summed E-state index contributed by atoms with van der Waals surface area (Å²) in [5.74, 6) is 0.313. The van der Waals surface area contributed by atoms with Crippen molar-refractivity contribution in [2.45, 2.75) is 143 Å². The first kappa shape index (κ1) is 52.5. The van der Waals surface area contributed by atoms with Gasteiger partial charge in [0.15, 0.2) is 0 Å². The highest BCUT2D eigenvalue weighted by Crippen LogP contribution is 2.32. The highest BCUT2D eigenvalue weighted by molar-refractivity contribution is 5.90. The van der Waals surface area contributed by atoms with Crippen molar-refractivity contribution in [2.75, 3.05) is 41.4 Å². The topological polar surface area (TPSA) is 117 Å². The van der Waals surface area contributed by atoms with E-state index in [0.29, 0.717) is 31.3 Å². The first-order valence-electron chi connectivity index (χ1n) is 23.5. The maximum absolute atomic E-state index is 14.2. The maximum Gasteiger partial charge on any atom is 0.245 e.